The maximum atomic E-state index is 14.8. The van der Waals surface area contributed by atoms with E-state index in [4.69, 9.17) is 4.74 Å². The summed E-state index contributed by atoms with van der Waals surface area (Å²) < 4.78 is 32.7. The van der Waals surface area contributed by atoms with Gasteiger partial charge in [-0.15, -0.1) is 0 Å². The molecule has 5 saturated carbocycles. The zero-order chi connectivity index (χ0) is 42.9. The molecule has 2 N–H and O–H groups in total. The van der Waals surface area contributed by atoms with Gasteiger partial charge in [-0.3, -0.25) is 9.00 Å². The van der Waals surface area contributed by atoms with Crippen molar-refractivity contribution in [3.63, 3.8) is 0 Å². The highest BCUT2D eigenvalue weighted by molar-refractivity contribution is 7.84. The quantitative estimate of drug-likeness (QED) is 0.171. The third kappa shape index (κ3) is 7.21. The van der Waals surface area contributed by atoms with Gasteiger partial charge < -0.3 is 15.2 Å². The number of hydrogen-bond donors (Lipinski definition) is 2. The maximum Gasteiger partial charge on any atom is 0.315 e. The molecule has 7 aliphatic rings. The average Bonchev–Trinajstić information content (AvgIpc) is 3.60. The van der Waals surface area contributed by atoms with Crippen LogP contribution in [0.4, 0.5) is 4.39 Å². The van der Waals surface area contributed by atoms with E-state index >= 15 is 0 Å². The number of ether oxygens (including phenoxy) is 1. The smallest absolute Gasteiger partial charge is 0.315 e. The Morgan fingerprint density at radius 2 is 1.62 bits per heavy atom. The fourth-order valence-corrected chi connectivity index (χ4v) is 17.1. The van der Waals surface area contributed by atoms with Crippen LogP contribution < -0.4 is 5.32 Å². The number of halogens is 1. The number of carbonyl (C=O) groups is 1. The molecule has 0 saturated heterocycles. The van der Waals surface area contributed by atoms with E-state index in [9.17, 15) is 18.5 Å². The number of nitrogens with one attached hydrogen (secondary N) is 1. The van der Waals surface area contributed by atoms with Crippen LogP contribution >= 0.6 is 0 Å². The highest BCUT2D eigenvalue weighted by Gasteiger charge is 2.70. The summed E-state index contributed by atoms with van der Waals surface area (Å²) in [5.74, 6) is 2.56. The Labute approximate surface area is 365 Å². The monoisotopic (exact) mass is 844 g/mol. The highest BCUT2D eigenvalue weighted by atomic mass is 32.2. The molecular formula is C53H78FNO4S. The SMILES string of the molecule is C=C(C)[C@@H]1CC[C@]2(NCCC3(O)CCC(S(C)=O)CC3)CC[C@]3(C)[C@H](CC[C@@H]4[C@@]5(C)CC=C(C6=CC[C@@](CF)(C(=O)OCc7ccccc7)CC6)C(C)(C)[C@@H]5CC[C@]43C)[C@@H]12. The van der Waals surface area contributed by atoms with Gasteiger partial charge in [0, 0.05) is 27.8 Å². The molecule has 1 unspecified atom stereocenters. The van der Waals surface area contributed by atoms with Crippen LogP contribution in [-0.4, -0.2) is 51.1 Å². The molecule has 5 fully saturated rings. The topological polar surface area (TPSA) is 75.6 Å². The van der Waals surface area contributed by atoms with Crippen molar-refractivity contribution in [1.82, 2.24) is 5.32 Å². The van der Waals surface area contributed by atoms with Crippen molar-refractivity contribution in [3.05, 3.63) is 71.3 Å². The normalized spacial score (nSPS) is 43.9. The van der Waals surface area contributed by atoms with E-state index in [1.54, 1.807) is 0 Å². The number of esters is 1. The lowest BCUT2D eigenvalue weighted by molar-refractivity contribution is -0.221. The molecule has 7 aliphatic carbocycles. The molecule has 0 radical (unpaired) electrons. The number of aliphatic hydroxyl groups is 1. The molecule has 0 aromatic heterocycles. The van der Waals surface area contributed by atoms with Gasteiger partial charge in [-0.25, -0.2) is 4.39 Å². The van der Waals surface area contributed by atoms with Crippen LogP contribution in [0.2, 0.25) is 0 Å². The first-order chi connectivity index (χ1) is 28.4. The van der Waals surface area contributed by atoms with Crippen LogP contribution in [0.25, 0.3) is 0 Å². The van der Waals surface area contributed by atoms with E-state index in [1.807, 2.05) is 36.6 Å². The van der Waals surface area contributed by atoms with Gasteiger partial charge in [0.15, 0.2) is 0 Å². The number of alkyl halides is 1. The summed E-state index contributed by atoms with van der Waals surface area (Å²) in [6, 6.07) is 9.68. The molecule has 5 nitrogen and oxygen atoms in total. The van der Waals surface area contributed by atoms with Crippen molar-refractivity contribution in [2.24, 2.45) is 56.7 Å². The third-order valence-corrected chi connectivity index (χ3v) is 21.3. The summed E-state index contributed by atoms with van der Waals surface area (Å²) in [5.41, 5.74) is 4.09. The van der Waals surface area contributed by atoms with Gasteiger partial charge in [0.25, 0.3) is 0 Å². The molecule has 60 heavy (non-hydrogen) atoms. The zero-order valence-electron chi connectivity index (χ0n) is 38.3. The van der Waals surface area contributed by atoms with Gasteiger partial charge >= 0.3 is 5.97 Å². The van der Waals surface area contributed by atoms with Crippen LogP contribution in [-0.2, 0) is 26.9 Å². The van der Waals surface area contributed by atoms with Gasteiger partial charge in [-0.05, 0) is 191 Å². The van der Waals surface area contributed by atoms with Gasteiger partial charge in [0.05, 0.1) is 11.0 Å². The number of rotatable bonds is 11. The predicted molar refractivity (Wildman–Crippen MR) is 243 cm³/mol. The number of allylic oxidation sites excluding steroid dienone is 5. The molecule has 0 aliphatic heterocycles. The van der Waals surface area contributed by atoms with Crippen LogP contribution in [0.3, 0.4) is 0 Å². The van der Waals surface area contributed by atoms with E-state index in [-0.39, 0.29) is 39.1 Å². The fourth-order valence-electron chi connectivity index (χ4n) is 16.2. The Morgan fingerprint density at radius 1 is 0.883 bits per heavy atom. The van der Waals surface area contributed by atoms with E-state index in [1.165, 1.54) is 68.1 Å². The number of carbonyl (C=O) groups excluding carboxylic acids is 1. The Bertz CT molecular complexity index is 1880. The number of hydrogen-bond acceptors (Lipinski definition) is 5. The van der Waals surface area contributed by atoms with Gasteiger partial charge in [-0.2, -0.15) is 0 Å². The summed E-state index contributed by atoms with van der Waals surface area (Å²) in [6.07, 6.45) is 23.3. The average molecular weight is 844 g/mol. The predicted octanol–water partition coefficient (Wildman–Crippen LogP) is 11.8. The minimum Gasteiger partial charge on any atom is -0.460 e. The Morgan fingerprint density at radius 3 is 2.27 bits per heavy atom. The minimum absolute atomic E-state index is 0.0134. The van der Waals surface area contributed by atoms with Gasteiger partial charge in [0.2, 0.25) is 0 Å². The lowest BCUT2D eigenvalue weighted by Gasteiger charge is -2.72. The van der Waals surface area contributed by atoms with Gasteiger partial charge in [0.1, 0.15) is 13.3 Å². The van der Waals surface area contributed by atoms with Crippen molar-refractivity contribution < 1.29 is 23.2 Å². The fraction of sp³-hybridized carbons (Fsp3) is 0.755. The van der Waals surface area contributed by atoms with E-state index in [0.29, 0.717) is 48.9 Å². The molecular weight excluding hydrogens is 766 g/mol. The maximum absolute atomic E-state index is 14.8. The van der Waals surface area contributed by atoms with Crippen LogP contribution in [0.15, 0.2) is 65.8 Å². The standard InChI is InChI=1S/C53H78FNO4S/c1-36(2)40-20-29-53(55-33-32-52(57)27-18-39(19-28-52)60(8)58)31-30-49(6)42(45(40)53)14-15-44-48(5)23-21-41(47(3,4)43(48)22-24-50(44,49)7)38-16-25-51(35-54,26-17-38)46(56)59-34-37-12-10-9-11-13-37/h9-13,16,21,39-40,42-45,55,57H,1,14-15,17-20,22-35H2,2-8H3/t39?,40-,42+,43-,44+,45+,48-,49+,50+,51+,52?,53-,60?/m0/s1. The van der Waals surface area contributed by atoms with Crippen LogP contribution in [0.1, 0.15) is 156 Å². The number of fused-ring (bicyclic) bond motifs is 7. The molecule has 1 aromatic rings. The molecule has 0 amide bonds. The second-order valence-electron chi connectivity index (χ2n) is 22.9. The summed E-state index contributed by atoms with van der Waals surface area (Å²) in [6.45, 7) is 20.3. The Kier molecular flexibility index (Phi) is 12.0. The van der Waals surface area contributed by atoms with E-state index in [2.05, 4.69) is 65.6 Å². The molecule has 332 valence electrons. The zero-order valence-corrected chi connectivity index (χ0v) is 39.1. The molecule has 11 atom stereocenters. The van der Waals surface area contributed by atoms with Crippen LogP contribution in [0, 0.1) is 56.7 Å². The first-order valence-corrected chi connectivity index (χ1v) is 25.6. The Balaban J connectivity index is 0.990. The second-order valence-corrected chi connectivity index (χ2v) is 24.6. The van der Waals surface area contributed by atoms with Crippen molar-refractivity contribution in [2.45, 2.75) is 174 Å². The number of benzene rings is 1. The molecule has 1 aromatic carbocycles. The molecule has 8 rings (SSSR count). The summed E-state index contributed by atoms with van der Waals surface area (Å²) in [5, 5.41) is 16.1. The first kappa shape index (κ1) is 44.5. The van der Waals surface area contributed by atoms with Crippen molar-refractivity contribution in [1.29, 1.82) is 0 Å². The molecule has 7 heteroatoms. The lowest BCUT2D eigenvalue weighted by Crippen LogP contribution is -2.68. The summed E-state index contributed by atoms with van der Waals surface area (Å²) in [7, 11) is -0.808. The Hall–Kier alpha value is -2.09. The molecule has 0 heterocycles. The first-order valence-electron chi connectivity index (χ1n) is 24.0. The van der Waals surface area contributed by atoms with E-state index < -0.39 is 34.5 Å². The van der Waals surface area contributed by atoms with Crippen molar-refractivity contribution >= 4 is 16.8 Å². The van der Waals surface area contributed by atoms with Crippen LogP contribution in [0.5, 0.6) is 0 Å². The molecule has 0 bridgehead atoms. The van der Waals surface area contributed by atoms with Crippen molar-refractivity contribution in [3.8, 4) is 0 Å². The van der Waals surface area contributed by atoms with Gasteiger partial charge in [-0.1, -0.05) is 89.3 Å². The second kappa shape index (κ2) is 16.2. The minimum atomic E-state index is -1.10. The lowest BCUT2D eigenvalue weighted by atomic mass is 9.33. The summed E-state index contributed by atoms with van der Waals surface area (Å²) in [4.78, 5) is 13.4. The molecule has 0 spiro atoms. The highest BCUT2D eigenvalue weighted by Crippen LogP contribution is 2.76. The van der Waals surface area contributed by atoms with E-state index in [0.717, 1.165) is 50.6 Å². The summed E-state index contributed by atoms with van der Waals surface area (Å²) >= 11 is 0. The largest absolute Gasteiger partial charge is 0.460 e. The third-order valence-electron chi connectivity index (χ3n) is 19.9. The van der Waals surface area contributed by atoms with Crippen molar-refractivity contribution in [2.75, 3.05) is 19.5 Å².